The molecule has 1 saturated heterocycles. The molecule has 0 radical (unpaired) electrons. The zero-order chi connectivity index (χ0) is 15.0. The van der Waals surface area contributed by atoms with Crippen LogP contribution in [-0.4, -0.2) is 33.5 Å². The molecule has 3 unspecified atom stereocenters. The molecule has 6 nitrogen and oxygen atoms in total. The molecule has 2 N–H and O–H groups in total. The number of hydrogen-bond donors (Lipinski definition) is 2. The first-order valence-corrected chi connectivity index (χ1v) is 8.65. The molecule has 0 aromatic rings. The Kier molecular flexibility index (Phi) is 2.85. The Balaban J connectivity index is 1.37. The molecule has 1 aliphatic heterocycles. The first-order chi connectivity index (χ1) is 10.5. The summed E-state index contributed by atoms with van der Waals surface area (Å²) in [5.41, 5.74) is -0.551. The van der Waals surface area contributed by atoms with Crippen LogP contribution in [0, 0.1) is 17.8 Å². The van der Waals surface area contributed by atoms with Gasteiger partial charge in [0.25, 0.3) is 0 Å². The summed E-state index contributed by atoms with van der Waals surface area (Å²) >= 11 is 0. The maximum absolute atomic E-state index is 10.7. The van der Waals surface area contributed by atoms with Crippen molar-refractivity contribution in [2.45, 2.75) is 81.1 Å². The molecule has 6 fully saturated rings. The van der Waals surface area contributed by atoms with Gasteiger partial charge in [0.15, 0.2) is 0 Å². The lowest BCUT2D eigenvalue weighted by Crippen LogP contribution is -2.68. The molecule has 0 amide bonds. The van der Waals surface area contributed by atoms with E-state index in [0.29, 0.717) is 31.6 Å². The summed E-state index contributed by atoms with van der Waals surface area (Å²) in [5, 5.41) is 20.5. The van der Waals surface area contributed by atoms with Crippen LogP contribution in [0.2, 0.25) is 0 Å². The van der Waals surface area contributed by atoms with Gasteiger partial charge in [-0.3, -0.25) is 0 Å². The average Bonchev–Trinajstić information content (AvgIpc) is 2.45. The van der Waals surface area contributed by atoms with Crippen molar-refractivity contribution in [3.05, 3.63) is 0 Å². The highest BCUT2D eigenvalue weighted by Gasteiger charge is 2.68. The van der Waals surface area contributed by atoms with Crippen molar-refractivity contribution in [3.8, 4) is 0 Å². The minimum absolute atomic E-state index is 0.120. The second kappa shape index (κ2) is 4.43. The van der Waals surface area contributed by atoms with E-state index in [9.17, 15) is 10.2 Å². The van der Waals surface area contributed by atoms with Gasteiger partial charge in [-0.05, 0) is 50.9 Å². The number of hydrogen-bond acceptors (Lipinski definition) is 6. The van der Waals surface area contributed by atoms with Crippen molar-refractivity contribution in [2.75, 3.05) is 0 Å². The van der Waals surface area contributed by atoms with E-state index in [4.69, 9.17) is 19.6 Å². The van der Waals surface area contributed by atoms with Crippen LogP contribution < -0.4 is 0 Å². The van der Waals surface area contributed by atoms with E-state index >= 15 is 0 Å². The van der Waals surface area contributed by atoms with E-state index in [2.05, 4.69) is 0 Å². The first kappa shape index (κ1) is 14.1. The Bertz CT molecular complexity index is 453. The van der Waals surface area contributed by atoms with E-state index in [1.165, 1.54) is 0 Å². The highest BCUT2D eigenvalue weighted by molar-refractivity contribution is 5.09. The Morgan fingerprint density at radius 1 is 0.864 bits per heavy atom. The van der Waals surface area contributed by atoms with E-state index in [1.54, 1.807) is 0 Å². The lowest BCUT2D eigenvalue weighted by atomic mass is 9.51. The van der Waals surface area contributed by atoms with Crippen molar-refractivity contribution in [3.63, 3.8) is 0 Å². The molecule has 6 heteroatoms. The second-order valence-electron chi connectivity index (χ2n) is 8.28. The third-order valence-corrected chi connectivity index (χ3v) is 6.58. The molecule has 5 saturated carbocycles. The zero-order valence-corrected chi connectivity index (χ0v) is 12.7. The van der Waals surface area contributed by atoms with Crippen LogP contribution in [0.1, 0.15) is 57.8 Å². The fraction of sp³-hybridized carbons (Fsp3) is 1.00. The van der Waals surface area contributed by atoms with Crippen LogP contribution in [-0.2, 0) is 19.6 Å². The van der Waals surface area contributed by atoms with Gasteiger partial charge in [-0.1, -0.05) is 0 Å². The van der Waals surface area contributed by atoms with Crippen LogP contribution >= 0.6 is 0 Å². The van der Waals surface area contributed by atoms with Crippen molar-refractivity contribution in [1.82, 2.24) is 0 Å². The molecule has 1 heterocycles. The Morgan fingerprint density at radius 2 is 1.55 bits per heavy atom. The van der Waals surface area contributed by atoms with Gasteiger partial charge in [0, 0.05) is 24.7 Å². The smallest absolute Gasteiger partial charge is 0.240 e. The Morgan fingerprint density at radius 3 is 2.14 bits per heavy atom. The molecule has 124 valence electrons. The van der Waals surface area contributed by atoms with Gasteiger partial charge in [-0.25, -0.2) is 0 Å². The molecular weight excluding hydrogens is 288 g/mol. The molecule has 4 bridgehead atoms. The van der Waals surface area contributed by atoms with Crippen LogP contribution in [0.15, 0.2) is 0 Å². The summed E-state index contributed by atoms with van der Waals surface area (Å²) in [7, 11) is 0. The van der Waals surface area contributed by atoms with Crippen LogP contribution in [0.3, 0.4) is 0 Å². The molecule has 22 heavy (non-hydrogen) atoms. The quantitative estimate of drug-likeness (QED) is 0.664. The average molecular weight is 312 g/mol. The third-order valence-electron chi connectivity index (χ3n) is 6.58. The molecule has 6 aliphatic rings. The van der Waals surface area contributed by atoms with E-state index in [1.807, 2.05) is 0 Å². The largest absolute Gasteiger partial charge is 0.393 e. The predicted molar refractivity (Wildman–Crippen MR) is 72.8 cm³/mol. The van der Waals surface area contributed by atoms with Gasteiger partial charge >= 0.3 is 0 Å². The molecular formula is C16H24O6. The van der Waals surface area contributed by atoms with Crippen LogP contribution in [0.4, 0.5) is 0 Å². The van der Waals surface area contributed by atoms with E-state index in [-0.39, 0.29) is 11.8 Å². The summed E-state index contributed by atoms with van der Waals surface area (Å²) in [6.45, 7) is 0. The van der Waals surface area contributed by atoms with E-state index < -0.39 is 23.3 Å². The fourth-order valence-electron chi connectivity index (χ4n) is 5.79. The lowest BCUT2D eigenvalue weighted by molar-refractivity contribution is -0.682. The standard InChI is InChI=1S/C16H24O6/c17-13-2-1-3-15(9-13)19-21-16(22-20-15)11-4-10-5-12(16)8-14(18,6-10)7-11/h10-13,17-18H,1-9H2. The summed E-state index contributed by atoms with van der Waals surface area (Å²) in [6, 6.07) is 0. The molecule has 3 atom stereocenters. The Labute approximate surface area is 129 Å². The number of aliphatic hydroxyl groups is 2. The SMILES string of the molecule is OC1CCCC2(C1)OOC1(OO2)C2CC3CC1CC(O)(C3)C2. The van der Waals surface area contributed by atoms with Crippen LogP contribution in [0.5, 0.6) is 0 Å². The summed E-state index contributed by atoms with van der Waals surface area (Å²) < 4.78 is 0. The first-order valence-electron chi connectivity index (χ1n) is 8.65. The normalized spacial score (nSPS) is 60.3. The van der Waals surface area contributed by atoms with Gasteiger partial charge in [-0.15, -0.1) is 0 Å². The second-order valence-corrected chi connectivity index (χ2v) is 8.28. The topological polar surface area (TPSA) is 77.4 Å². The minimum Gasteiger partial charge on any atom is -0.393 e. The maximum atomic E-state index is 10.7. The highest BCUT2D eigenvalue weighted by atomic mass is 17.4. The fourth-order valence-corrected chi connectivity index (χ4v) is 5.79. The van der Waals surface area contributed by atoms with Crippen molar-refractivity contribution >= 4 is 0 Å². The van der Waals surface area contributed by atoms with E-state index in [0.717, 1.165) is 32.1 Å². The van der Waals surface area contributed by atoms with Gasteiger partial charge < -0.3 is 10.2 Å². The zero-order valence-electron chi connectivity index (χ0n) is 12.7. The third kappa shape index (κ3) is 1.88. The Hall–Kier alpha value is -0.240. The van der Waals surface area contributed by atoms with Crippen molar-refractivity contribution < 1.29 is 29.8 Å². The predicted octanol–water partition coefficient (Wildman–Crippen LogP) is 1.79. The molecule has 6 rings (SSSR count). The van der Waals surface area contributed by atoms with Crippen molar-refractivity contribution in [1.29, 1.82) is 0 Å². The monoisotopic (exact) mass is 312 g/mol. The van der Waals surface area contributed by atoms with Crippen molar-refractivity contribution in [2.24, 2.45) is 17.8 Å². The van der Waals surface area contributed by atoms with Crippen LogP contribution in [0.25, 0.3) is 0 Å². The maximum Gasteiger partial charge on any atom is 0.240 e. The molecule has 0 aromatic heterocycles. The van der Waals surface area contributed by atoms with Gasteiger partial charge in [0.05, 0.1) is 11.7 Å². The number of aliphatic hydroxyl groups excluding tert-OH is 1. The molecule has 0 aromatic carbocycles. The molecule has 5 aliphatic carbocycles. The summed E-state index contributed by atoms with van der Waals surface area (Å²) in [6.07, 6.45) is 6.51. The number of rotatable bonds is 0. The minimum atomic E-state index is -0.964. The summed E-state index contributed by atoms with van der Waals surface area (Å²) in [4.78, 5) is 23.1. The highest BCUT2D eigenvalue weighted by Crippen LogP contribution is 2.63. The van der Waals surface area contributed by atoms with Gasteiger partial charge in [0.2, 0.25) is 11.6 Å². The summed E-state index contributed by atoms with van der Waals surface area (Å²) in [5.74, 6) is -1.03. The lowest BCUT2D eigenvalue weighted by Gasteiger charge is -2.62. The molecule has 2 spiro atoms. The van der Waals surface area contributed by atoms with Gasteiger partial charge in [0.1, 0.15) is 0 Å². The van der Waals surface area contributed by atoms with Gasteiger partial charge in [-0.2, -0.15) is 19.6 Å².